The molecule has 140 valence electrons. The SMILES string of the molecule is COC[C@H](N)C(F)(F)c1oc2c(NCc3cccs3)cc(Cl)nc2c1Cl. The second-order valence-corrected chi connectivity index (χ2v) is 7.33. The molecular formula is C16H15Cl2F2N3O2S. The number of thiophene rings is 1. The molecule has 1 atom stereocenters. The number of hydrogen-bond donors (Lipinski definition) is 2. The van der Waals surface area contributed by atoms with E-state index in [1.807, 2.05) is 17.5 Å². The molecule has 0 radical (unpaired) electrons. The summed E-state index contributed by atoms with van der Waals surface area (Å²) in [5.41, 5.74) is 6.08. The molecule has 5 nitrogen and oxygen atoms in total. The van der Waals surface area contributed by atoms with Crippen molar-refractivity contribution in [1.82, 2.24) is 4.98 Å². The third kappa shape index (κ3) is 3.65. The molecule has 0 fully saturated rings. The van der Waals surface area contributed by atoms with Gasteiger partial charge in [-0.2, -0.15) is 8.78 Å². The number of halogens is 4. The maximum atomic E-state index is 14.6. The zero-order valence-electron chi connectivity index (χ0n) is 13.6. The number of hydrogen-bond acceptors (Lipinski definition) is 6. The molecule has 0 bridgehead atoms. The molecule has 0 amide bonds. The maximum Gasteiger partial charge on any atom is 0.323 e. The molecule has 0 saturated carbocycles. The summed E-state index contributed by atoms with van der Waals surface area (Å²) >= 11 is 13.7. The molecule has 3 aromatic heterocycles. The lowest BCUT2D eigenvalue weighted by atomic mass is 10.1. The average Bonchev–Trinajstić information content (AvgIpc) is 3.22. The van der Waals surface area contributed by atoms with Crippen LogP contribution in [-0.2, 0) is 17.2 Å². The number of rotatable bonds is 7. The molecular weight excluding hydrogens is 407 g/mol. The molecule has 3 N–H and O–H groups in total. The van der Waals surface area contributed by atoms with Crippen LogP contribution in [0.5, 0.6) is 0 Å². The van der Waals surface area contributed by atoms with Gasteiger partial charge in [0.2, 0.25) is 0 Å². The van der Waals surface area contributed by atoms with Crippen LogP contribution in [0.3, 0.4) is 0 Å². The minimum atomic E-state index is -3.54. The highest BCUT2D eigenvalue weighted by atomic mass is 35.5. The van der Waals surface area contributed by atoms with Crippen molar-refractivity contribution >= 4 is 51.3 Å². The Morgan fingerprint density at radius 1 is 1.46 bits per heavy atom. The Hall–Kier alpha value is -1.45. The molecule has 3 rings (SSSR count). The van der Waals surface area contributed by atoms with Gasteiger partial charge in [-0.15, -0.1) is 11.3 Å². The van der Waals surface area contributed by atoms with Crippen LogP contribution in [-0.4, -0.2) is 24.7 Å². The lowest BCUT2D eigenvalue weighted by Gasteiger charge is -2.20. The number of nitrogens with one attached hydrogen (secondary N) is 1. The number of furan rings is 1. The van der Waals surface area contributed by atoms with Crippen molar-refractivity contribution in [2.24, 2.45) is 5.73 Å². The van der Waals surface area contributed by atoms with Crippen LogP contribution < -0.4 is 11.1 Å². The van der Waals surface area contributed by atoms with Gasteiger partial charge in [0, 0.05) is 24.6 Å². The summed E-state index contributed by atoms with van der Waals surface area (Å²) in [6.45, 7) is 0.110. The first-order chi connectivity index (χ1) is 12.3. The summed E-state index contributed by atoms with van der Waals surface area (Å²) in [6, 6.07) is 3.73. The first-order valence-electron chi connectivity index (χ1n) is 7.52. The van der Waals surface area contributed by atoms with Gasteiger partial charge in [0.15, 0.2) is 11.3 Å². The Kier molecular flexibility index (Phi) is 5.69. The van der Waals surface area contributed by atoms with E-state index >= 15 is 0 Å². The van der Waals surface area contributed by atoms with Crippen LogP contribution in [0.25, 0.3) is 11.1 Å². The molecule has 0 aliphatic carbocycles. The number of anilines is 1. The molecule has 0 aromatic carbocycles. The third-order valence-corrected chi connectivity index (χ3v) is 5.12. The van der Waals surface area contributed by atoms with Crippen LogP contribution in [0.4, 0.5) is 14.5 Å². The van der Waals surface area contributed by atoms with Gasteiger partial charge >= 0.3 is 5.92 Å². The Labute approximate surface area is 162 Å². The number of nitrogens with two attached hydrogens (primary N) is 1. The number of ether oxygens (including phenoxy) is 1. The predicted octanol–water partition coefficient (Wildman–Crippen LogP) is 4.87. The summed E-state index contributed by atoms with van der Waals surface area (Å²) in [5, 5.41) is 4.83. The highest BCUT2D eigenvalue weighted by molar-refractivity contribution is 7.09. The van der Waals surface area contributed by atoms with E-state index in [1.165, 1.54) is 13.2 Å². The normalized spacial score (nSPS) is 13.3. The molecule has 0 unspecified atom stereocenters. The molecule has 0 aliphatic heterocycles. The van der Waals surface area contributed by atoms with Crippen molar-refractivity contribution in [3.05, 3.63) is 44.4 Å². The van der Waals surface area contributed by atoms with Crippen LogP contribution in [0.2, 0.25) is 10.2 Å². The van der Waals surface area contributed by atoms with E-state index in [9.17, 15) is 8.78 Å². The summed E-state index contributed by atoms with van der Waals surface area (Å²) in [5.74, 6) is -4.29. The van der Waals surface area contributed by atoms with E-state index in [4.69, 9.17) is 38.1 Å². The fourth-order valence-electron chi connectivity index (χ4n) is 2.40. The first kappa shape index (κ1) is 19.3. The number of nitrogens with zero attached hydrogens (tertiary/aromatic N) is 1. The van der Waals surface area contributed by atoms with Gasteiger partial charge in [-0.05, 0) is 11.4 Å². The minimum Gasteiger partial charge on any atom is -0.449 e. The molecule has 3 aromatic rings. The zero-order valence-corrected chi connectivity index (χ0v) is 15.9. The molecule has 26 heavy (non-hydrogen) atoms. The van der Waals surface area contributed by atoms with E-state index < -0.39 is 17.7 Å². The largest absolute Gasteiger partial charge is 0.449 e. The Morgan fingerprint density at radius 2 is 2.23 bits per heavy atom. The summed E-state index contributed by atoms with van der Waals surface area (Å²) in [4.78, 5) is 5.07. The number of aromatic nitrogens is 1. The van der Waals surface area contributed by atoms with E-state index in [0.717, 1.165) is 4.88 Å². The highest BCUT2D eigenvalue weighted by Crippen LogP contribution is 2.43. The standard InChI is InChI=1S/C16H15Cl2F2N3O2S/c1-24-7-10(21)16(19,20)15-12(18)13-14(25-15)9(5-11(17)23-13)22-6-8-3-2-4-26-8/h2-5,10H,6-7,21H2,1H3,(H,22,23)/t10-/m0/s1. The number of fused-ring (bicyclic) bond motifs is 1. The van der Waals surface area contributed by atoms with Crippen LogP contribution in [0.1, 0.15) is 10.6 Å². The molecule has 3 heterocycles. The second kappa shape index (κ2) is 7.66. The van der Waals surface area contributed by atoms with Gasteiger partial charge in [0.1, 0.15) is 21.7 Å². The molecule has 0 aliphatic rings. The van der Waals surface area contributed by atoms with Crippen molar-refractivity contribution in [2.45, 2.75) is 18.5 Å². The minimum absolute atomic E-state index is 0.0483. The molecule has 0 saturated heterocycles. The molecule has 0 spiro atoms. The van der Waals surface area contributed by atoms with Crippen LogP contribution >= 0.6 is 34.5 Å². The van der Waals surface area contributed by atoms with Gasteiger partial charge in [-0.1, -0.05) is 29.3 Å². The van der Waals surface area contributed by atoms with Crippen molar-refractivity contribution in [2.75, 3.05) is 19.0 Å². The zero-order chi connectivity index (χ0) is 18.9. The Morgan fingerprint density at radius 3 is 2.88 bits per heavy atom. The van der Waals surface area contributed by atoms with E-state index in [2.05, 4.69) is 10.3 Å². The van der Waals surface area contributed by atoms with Gasteiger partial charge in [-0.3, -0.25) is 0 Å². The van der Waals surface area contributed by atoms with E-state index in [0.29, 0.717) is 12.2 Å². The topological polar surface area (TPSA) is 73.3 Å². The van der Waals surface area contributed by atoms with Gasteiger partial charge in [0.05, 0.1) is 12.3 Å². The van der Waals surface area contributed by atoms with Crippen molar-refractivity contribution in [1.29, 1.82) is 0 Å². The van der Waals surface area contributed by atoms with E-state index in [-0.39, 0.29) is 27.9 Å². The number of pyridine rings is 1. The average molecular weight is 422 g/mol. The summed E-state index contributed by atoms with van der Waals surface area (Å²) in [7, 11) is 1.28. The third-order valence-electron chi connectivity index (χ3n) is 3.70. The van der Waals surface area contributed by atoms with Gasteiger partial charge < -0.3 is 20.2 Å². The predicted molar refractivity (Wildman–Crippen MR) is 99.4 cm³/mol. The van der Waals surface area contributed by atoms with Crippen molar-refractivity contribution < 1.29 is 17.9 Å². The Bertz CT molecular complexity index is 903. The fourth-order valence-corrected chi connectivity index (χ4v) is 3.53. The second-order valence-electron chi connectivity index (χ2n) is 5.53. The first-order valence-corrected chi connectivity index (χ1v) is 9.15. The van der Waals surface area contributed by atoms with E-state index in [1.54, 1.807) is 11.3 Å². The summed E-state index contributed by atoms with van der Waals surface area (Å²) in [6.07, 6.45) is 0. The summed E-state index contributed by atoms with van der Waals surface area (Å²) < 4.78 is 39.3. The van der Waals surface area contributed by atoms with Gasteiger partial charge in [0.25, 0.3) is 0 Å². The lowest BCUT2D eigenvalue weighted by molar-refractivity contribution is -0.0676. The van der Waals surface area contributed by atoms with Crippen molar-refractivity contribution in [3.8, 4) is 0 Å². The maximum absolute atomic E-state index is 14.6. The Balaban J connectivity index is 2.02. The number of methoxy groups -OCH3 is 1. The highest BCUT2D eigenvalue weighted by Gasteiger charge is 2.45. The smallest absolute Gasteiger partial charge is 0.323 e. The van der Waals surface area contributed by atoms with Crippen LogP contribution in [0, 0.1) is 0 Å². The fraction of sp³-hybridized carbons (Fsp3) is 0.312. The quantitative estimate of drug-likeness (QED) is 0.532. The number of alkyl halides is 2. The van der Waals surface area contributed by atoms with Crippen molar-refractivity contribution in [3.63, 3.8) is 0 Å². The lowest BCUT2D eigenvalue weighted by Crippen LogP contribution is -2.42. The van der Waals surface area contributed by atoms with Gasteiger partial charge in [-0.25, -0.2) is 4.98 Å². The van der Waals surface area contributed by atoms with Crippen LogP contribution in [0.15, 0.2) is 28.0 Å². The monoisotopic (exact) mass is 421 g/mol. The molecule has 10 heteroatoms.